The fourth-order valence-corrected chi connectivity index (χ4v) is 0.951. The molecule has 0 fully saturated rings. The van der Waals surface area contributed by atoms with Gasteiger partial charge in [0.15, 0.2) is 0 Å². The summed E-state index contributed by atoms with van der Waals surface area (Å²) in [6.07, 6.45) is 0.547. The van der Waals surface area contributed by atoms with Crippen LogP contribution < -0.4 is 5.32 Å². The van der Waals surface area contributed by atoms with Crippen LogP contribution in [0.4, 0.5) is 4.79 Å². The Balaban J connectivity index is 3.69. The average molecular weight is 213 g/mol. The number of carbonyl (C=O) groups excluding carboxylic acids is 1. The van der Waals surface area contributed by atoms with E-state index in [0.717, 1.165) is 12.0 Å². The van der Waals surface area contributed by atoms with Gasteiger partial charge in [-0.05, 0) is 40.0 Å². The highest BCUT2D eigenvalue weighted by atomic mass is 16.6. The molecule has 0 heterocycles. The number of hydrogen-bond donors (Lipinski definition) is 1. The second kappa shape index (κ2) is 5.79. The van der Waals surface area contributed by atoms with Gasteiger partial charge >= 0.3 is 6.09 Å². The molecule has 0 rings (SSSR count). The van der Waals surface area contributed by atoms with Gasteiger partial charge in [0.2, 0.25) is 0 Å². The highest BCUT2D eigenvalue weighted by Gasteiger charge is 2.15. The van der Waals surface area contributed by atoms with Crippen LogP contribution in [0.3, 0.4) is 0 Å². The number of carbonyl (C=O) groups is 1. The molecule has 1 amide bonds. The number of amides is 1. The minimum atomic E-state index is -0.427. The van der Waals surface area contributed by atoms with Gasteiger partial charge in [0.1, 0.15) is 5.60 Å². The van der Waals surface area contributed by atoms with Crippen LogP contribution in [0.5, 0.6) is 0 Å². The Kier molecular flexibility index (Phi) is 5.40. The van der Waals surface area contributed by atoms with E-state index in [-0.39, 0.29) is 6.09 Å². The second-order valence-electron chi connectivity index (χ2n) is 4.96. The van der Waals surface area contributed by atoms with Crippen molar-refractivity contribution in [2.75, 3.05) is 6.54 Å². The van der Waals surface area contributed by atoms with Gasteiger partial charge in [-0.1, -0.05) is 19.1 Å². The topological polar surface area (TPSA) is 38.3 Å². The Labute approximate surface area is 92.9 Å². The minimum Gasteiger partial charge on any atom is -0.444 e. The minimum absolute atomic E-state index is 0.351. The molecular formula is C12H23NO2. The summed E-state index contributed by atoms with van der Waals surface area (Å²) < 4.78 is 5.11. The molecule has 1 atom stereocenters. The lowest BCUT2D eigenvalue weighted by molar-refractivity contribution is 0.0526. The summed E-state index contributed by atoms with van der Waals surface area (Å²) in [6.45, 7) is 14.1. The maximum absolute atomic E-state index is 11.3. The Morgan fingerprint density at radius 1 is 1.47 bits per heavy atom. The molecule has 0 radical (unpaired) electrons. The molecule has 1 unspecified atom stereocenters. The first-order chi connectivity index (χ1) is 6.72. The normalized spacial score (nSPS) is 13.1. The van der Waals surface area contributed by atoms with Crippen molar-refractivity contribution in [1.29, 1.82) is 0 Å². The fourth-order valence-electron chi connectivity index (χ4n) is 0.951. The summed E-state index contributed by atoms with van der Waals surface area (Å²) in [5, 5.41) is 2.72. The van der Waals surface area contributed by atoms with Crippen LogP contribution >= 0.6 is 0 Å². The van der Waals surface area contributed by atoms with Gasteiger partial charge in [0.05, 0.1) is 0 Å². The van der Waals surface area contributed by atoms with Crippen molar-refractivity contribution in [3.05, 3.63) is 12.2 Å². The van der Waals surface area contributed by atoms with Gasteiger partial charge in [-0.2, -0.15) is 0 Å². The van der Waals surface area contributed by atoms with Gasteiger partial charge in [0, 0.05) is 6.54 Å². The zero-order valence-electron chi connectivity index (χ0n) is 10.5. The standard InChI is InChI=1S/C12H23NO2/c1-9(2)10(3)7-8-13-11(14)15-12(4,5)6/h10H,1,7-8H2,2-6H3,(H,13,14). The van der Waals surface area contributed by atoms with Crippen LogP contribution in [-0.2, 0) is 4.74 Å². The van der Waals surface area contributed by atoms with Gasteiger partial charge in [0.25, 0.3) is 0 Å². The van der Waals surface area contributed by atoms with E-state index in [9.17, 15) is 4.79 Å². The largest absolute Gasteiger partial charge is 0.444 e. The van der Waals surface area contributed by atoms with E-state index < -0.39 is 5.60 Å². The van der Waals surface area contributed by atoms with Crippen molar-refractivity contribution < 1.29 is 9.53 Å². The molecule has 0 saturated heterocycles. The molecule has 0 aromatic heterocycles. The Bertz CT molecular complexity index is 228. The quantitative estimate of drug-likeness (QED) is 0.729. The predicted octanol–water partition coefficient (Wildman–Crippen LogP) is 3.11. The number of hydrogen-bond acceptors (Lipinski definition) is 2. The molecule has 0 bridgehead atoms. The van der Waals surface area contributed by atoms with Crippen LogP contribution in [0.2, 0.25) is 0 Å². The number of alkyl carbamates (subject to hydrolysis) is 1. The molecule has 0 saturated carbocycles. The second-order valence-corrected chi connectivity index (χ2v) is 4.96. The van der Waals surface area contributed by atoms with Crippen LogP contribution in [0.25, 0.3) is 0 Å². The maximum Gasteiger partial charge on any atom is 0.407 e. The van der Waals surface area contributed by atoms with E-state index in [1.54, 1.807) is 0 Å². The van der Waals surface area contributed by atoms with Crippen molar-refractivity contribution in [1.82, 2.24) is 5.32 Å². The highest BCUT2D eigenvalue weighted by molar-refractivity contribution is 5.67. The third-order valence-corrected chi connectivity index (χ3v) is 2.09. The molecule has 1 N–H and O–H groups in total. The van der Waals surface area contributed by atoms with E-state index >= 15 is 0 Å². The molecule has 0 aromatic carbocycles. The monoisotopic (exact) mass is 213 g/mol. The Morgan fingerprint density at radius 3 is 2.40 bits per heavy atom. The summed E-state index contributed by atoms with van der Waals surface area (Å²) in [5.74, 6) is 0.430. The third-order valence-electron chi connectivity index (χ3n) is 2.09. The van der Waals surface area contributed by atoms with Crippen molar-refractivity contribution in [2.45, 2.75) is 46.6 Å². The molecule has 0 aliphatic carbocycles. The molecule has 0 aliphatic heterocycles. The summed E-state index contributed by atoms with van der Waals surface area (Å²) >= 11 is 0. The Morgan fingerprint density at radius 2 is 2.00 bits per heavy atom. The van der Waals surface area contributed by atoms with E-state index in [2.05, 4.69) is 18.8 Å². The number of allylic oxidation sites excluding steroid dienone is 1. The molecule has 88 valence electrons. The highest BCUT2D eigenvalue weighted by Crippen LogP contribution is 2.11. The third kappa shape index (κ3) is 8.03. The van der Waals surface area contributed by atoms with Crippen LogP contribution in [0.1, 0.15) is 41.0 Å². The first-order valence-electron chi connectivity index (χ1n) is 5.34. The van der Waals surface area contributed by atoms with Gasteiger partial charge in [-0.15, -0.1) is 0 Å². The number of rotatable bonds is 4. The molecule has 3 heteroatoms. The SMILES string of the molecule is C=C(C)C(C)CCNC(=O)OC(C)(C)C. The zero-order chi connectivity index (χ0) is 12.1. The average Bonchev–Trinajstić information content (AvgIpc) is 2.00. The van der Waals surface area contributed by atoms with E-state index in [1.807, 2.05) is 27.7 Å². The van der Waals surface area contributed by atoms with Crippen LogP contribution in [-0.4, -0.2) is 18.2 Å². The lowest BCUT2D eigenvalue weighted by Crippen LogP contribution is -2.33. The van der Waals surface area contributed by atoms with Crippen molar-refractivity contribution in [2.24, 2.45) is 5.92 Å². The van der Waals surface area contributed by atoms with Gasteiger partial charge in [-0.25, -0.2) is 4.79 Å². The molecule has 0 aliphatic rings. The van der Waals surface area contributed by atoms with Crippen molar-refractivity contribution in [3.63, 3.8) is 0 Å². The smallest absolute Gasteiger partial charge is 0.407 e. The molecule has 0 spiro atoms. The lowest BCUT2D eigenvalue weighted by atomic mass is 10.0. The van der Waals surface area contributed by atoms with Crippen molar-refractivity contribution in [3.8, 4) is 0 Å². The molecule has 3 nitrogen and oxygen atoms in total. The van der Waals surface area contributed by atoms with Gasteiger partial charge in [-0.3, -0.25) is 0 Å². The maximum atomic E-state index is 11.3. The lowest BCUT2D eigenvalue weighted by Gasteiger charge is -2.20. The Hall–Kier alpha value is -0.990. The summed E-state index contributed by atoms with van der Waals surface area (Å²) in [4.78, 5) is 11.3. The fraction of sp³-hybridized carbons (Fsp3) is 0.750. The summed E-state index contributed by atoms with van der Waals surface area (Å²) in [7, 11) is 0. The molecular weight excluding hydrogens is 190 g/mol. The number of nitrogens with one attached hydrogen (secondary N) is 1. The van der Waals surface area contributed by atoms with Crippen LogP contribution in [0.15, 0.2) is 12.2 Å². The molecule has 0 aromatic rings. The van der Waals surface area contributed by atoms with Crippen molar-refractivity contribution >= 4 is 6.09 Å². The first-order valence-corrected chi connectivity index (χ1v) is 5.34. The predicted molar refractivity (Wildman–Crippen MR) is 62.8 cm³/mol. The van der Waals surface area contributed by atoms with Gasteiger partial charge < -0.3 is 10.1 Å². The summed E-state index contributed by atoms with van der Waals surface area (Å²) in [5.41, 5.74) is 0.713. The zero-order valence-corrected chi connectivity index (χ0v) is 10.5. The first kappa shape index (κ1) is 14.0. The van der Waals surface area contributed by atoms with E-state index in [4.69, 9.17) is 4.74 Å². The number of ether oxygens (including phenoxy) is 1. The van der Waals surface area contributed by atoms with E-state index in [1.165, 1.54) is 0 Å². The molecule has 15 heavy (non-hydrogen) atoms. The summed E-state index contributed by atoms with van der Waals surface area (Å²) in [6, 6.07) is 0. The van der Waals surface area contributed by atoms with Crippen LogP contribution in [0, 0.1) is 5.92 Å². The van der Waals surface area contributed by atoms with E-state index in [0.29, 0.717) is 12.5 Å².